The maximum Gasteiger partial charge on any atom is 0.262 e. The number of aromatic nitrogens is 4. The van der Waals surface area contributed by atoms with Crippen LogP contribution in [0.5, 0.6) is 0 Å². The number of aliphatic hydroxyl groups is 1. The second kappa shape index (κ2) is 10.5. The molecule has 0 atom stereocenters. The van der Waals surface area contributed by atoms with Gasteiger partial charge in [-0.3, -0.25) is 14.5 Å². The maximum atomic E-state index is 13.7. The van der Waals surface area contributed by atoms with Gasteiger partial charge in [0.15, 0.2) is 11.3 Å². The zero-order valence-corrected chi connectivity index (χ0v) is 27.0. The van der Waals surface area contributed by atoms with Gasteiger partial charge in [-0.15, -0.1) is 0 Å². The molecule has 1 fully saturated rings. The minimum Gasteiger partial charge on any atom is -0.390 e. The highest BCUT2D eigenvalue weighted by Gasteiger charge is 2.60. The number of rotatable bonds is 5. The van der Waals surface area contributed by atoms with E-state index >= 15 is 0 Å². The molecule has 0 bridgehead atoms. The lowest BCUT2D eigenvalue weighted by Crippen LogP contribution is -2.63. The van der Waals surface area contributed by atoms with Crippen molar-refractivity contribution in [2.24, 2.45) is 0 Å². The second-order valence-corrected chi connectivity index (χ2v) is 13.5. The number of hydrogen-bond donors (Lipinski definition) is 1. The van der Waals surface area contributed by atoms with Crippen LogP contribution in [0.3, 0.4) is 0 Å². The summed E-state index contributed by atoms with van der Waals surface area (Å²) in [4.78, 5) is 38.7. The molecular weight excluding hydrogens is 610 g/mol. The zero-order valence-electron chi connectivity index (χ0n) is 27.0. The highest BCUT2D eigenvalue weighted by Crippen LogP contribution is 2.54. The van der Waals surface area contributed by atoms with Gasteiger partial charge in [0, 0.05) is 47.2 Å². The van der Waals surface area contributed by atoms with Crippen molar-refractivity contribution < 1.29 is 14.7 Å². The predicted molar refractivity (Wildman–Crippen MR) is 188 cm³/mol. The van der Waals surface area contributed by atoms with Crippen molar-refractivity contribution in [1.82, 2.24) is 24.5 Å². The van der Waals surface area contributed by atoms with Crippen molar-refractivity contribution in [3.63, 3.8) is 0 Å². The van der Waals surface area contributed by atoms with E-state index < -0.39 is 11.1 Å². The summed E-state index contributed by atoms with van der Waals surface area (Å²) < 4.78 is 1.80. The van der Waals surface area contributed by atoms with Crippen molar-refractivity contribution in [3.05, 3.63) is 144 Å². The first-order valence-electron chi connectivity index (χ1n) is 16.3. The monoisotopic (exact) mass is 641 g/mol. The fourth-order valence-electron chi connectivity index (χ4n) is 7.68. The Morgan fingerprint density at radius 3 is 2.00 bits per heavy atom. The number of carbonyl (C=O) groups excluding carboxylic acids is 2. The van der Waals surface area contributed by atoms with Crippen molar-refractivity contribution in [2.45, 2.75) is 37.8 Å². The summed E-state index contributed by atoms with van der Waals surface area (Å²) in [5.74, 6) is -0.658. The van der Waals surface area contributed by atoms with E-state index in [0.29, 0.717) is 22.4 Å². The van der Waals surface area contributed by atoms with Crippen LogP contribution in [0.15, 0.2) is 121 Å². The van der Waals surface area contributed by atoms with Gasteiger partial charge in [-0.25, -0.2) is 9.97 Å². The number of amides is 2. The van der Waals surface area contributed by atoms with Crippen molar-refractivity contribution >= 4 is 28.5 Å². The number of aryl methyl sites for hydroxylation is 1. The minimum atomic E-state index is -1.00. The van der Waals surface area contributed by atoms with Crippen LogP contribution >= 0.6 is 0 Å². The maximum absolute atomic E-state index is 13.7. The lowest BCUT2D eigenvalue weighted by molar-refractivity contribution is -0.118. The quantitative estimate of drug-likeness (QED) is 0.194. The average Bonchev–Trinajstić information content (AvgIpc) is 3.66. The van der Waals surface area contributed by atoms with Crippen LogP contribution in [0, 0.1) is 6.92 Å². The fourth-order valence-corrected chi connectivity index (χ4v) is 7.68. The predicted octanol–water partition coefficient (Wildman–Crippen LogP) is 7.62. The molecular formula is C41H31N5O3. The molecule has 0 unspecified atom stereocenters. The molecule has 49 heavy (non-hydrogen) atoms. The van der Waals surface area contributed by atoms with Gasteiger partial charge in [0.2, 0.25) is 0 Å². The van der Waals surface area contributed by atoms with Gasteiger partial charge in [0.1, 0.15) is 0 Å². The van der Waals surface area contributed by atoms with Crippen LogP contribution < -0.4 is 0 Å². The van der Waals surface area contributed by atoms with Crippen molar-refractivity contribution in [3.8, 4) is 33.6 Å². The zero-order chi connectivity index (χ0) is 33.5. The highest BCUT2D eigenvalue weighted by molar-refractivity contribution is 6.22. The smallest absolute Gasteiger partial charge is 0.262 e. The summed E-state index contributed by atoms with van der Waals surface area (Å²) in [5.41, 5.74) is 7.57. The summed E-state index contributed by atoms with van der Waals surface area (Å²) in [5, 5.41) is 16.7. The Balaban J connectivity index is 1.18. The summed E-state index contributed by atoms with van der Waals surface area (Å²) in [6, 6.07) is 37.2. The Kier molecular flexibility index (Phi) is 6.25. The van der Waals surface area contributed by atoms with Crippen LogP contribution in [-0.2, 0) is 5.54 Å². The molecule has 0 spiro atoms. The Labute approximate surface area is 282 Å². The molecule has 2 aliphatic rings. The third-order valence-corrected chi connectivity index (χ3v) is 9.95. The number of fused-ring (bicyclic) bond motifs is 4. The van der Waals surface area contributed by atoms with E-state index in [1.807, 2.05) is 54.7 Å². The SMILES string of the molecule is Cc1ccc(-c2cc3ncc4cc(-c5ccccc5)c(-c5ccc([C@]6(N7C(=O)c8ccccc8C7=O)C[C@](C)(O)C6)cc5)nc4n3n2)cc1. The molecule has 0 radical (unpaired) electrons. The Bertz CT molecular complexity index is 2420. The molecule has 2 amide bonds. The summed E-state index contributed by atoms with van der Waals surface area (Å²) in [7, 11) is 0. The van der Waals surface area contributed by atoms with Gasteiger partial charge in [-0.05, 0) is 43.2 Å². The first kappa shape index (κ1) is 29.2. The van der Waals surface area contributed by atoms with Gasteiger partial charge >= 0.3 is 0 Å². The van der Waals surface area contributed by atoms with E-state index in [1.54, 1.807) is 35.7 Å². The largest absolute Gasteiger partial charge is 0.390 e. The molecule has 1 saturated carbocycles. The van der Waals surface area contributed by atoms with E-state index in [0.717, 1.165) is 44.6 Å². The van der Waals surface area contributed by atoms with Gasteiger partial charge in [-0.2, -0.15) is 9.61 Å². The molecule has 8 heteroatoms. The highest BCUT2D eigenvalue weighted by atomic mass is 16.3. The number of hydrogen-bond acceptors (Lipinski definition) is 6. The molecule has 7 aromatic rings. The van der Waals surface area contributed by atoms with Crippen LogP contribution in [-0.4, -0.2) is 47.0 Å². The summed E-state index contributed by atoms with van der Waals surface area (Å²) >= 11 is 0. The van der Waals surface area contributed by atoms with Crippen LogP contribution in [0.2, 0.25) is 0 Å². The molecule has 4 heterocycles. The van der Waals surface area contributed by atoms with Crippen LogP contribution in [0.4, 0.5) is 0 Å². The minimum absolute atomic E-state index is 0.252. The normalized spacial score (nSPS) is 20.2. The molecule has 8 nitrogen and oxygen atoms in total. The Morgan fingerprint density at radius 1 is 0.714 bits per heavy atom. The summed E-state index contributed by atoms with van der Waals surface area (Å²) in [6.45, 7) is 3.81. The number of pyridine rings is 1. The van der Waals surface area contributed by atoms with E-state index in [2.05, 4.69) is 49.4 Å². The number of carbonyl (C=O) groups is 2. The standard InChI is InChI=1S/C41H31N5O3/c1-25-12-14-27(15-13-25)34-21-35-42-22-29-20-33(26-8-4-3-5-9-26)36(43-37(29)46(35)44-34)28-16-18-30(19-17-28)41(23-40(2,49)24-41)45-38(47)31-10-6-7-11-32(31)39(45)48/h3-22,49H,23-24H2,1-2H3/t40-,41-. The van der Waals surface area contributed by atoms with E-state index in [4.69, 9.17) is 15.1 Å². The first-order chi connectivity index (χ1) is 23.7. The molecule has 9 rings (SSSR count). The van der Waals surface area contributed by atoms with Gasteiger partial charge in [-0.1, -0.05) is 96.6 Å². The number of benzene rings is 4. The molecule has 3 aromatic heterocycles. The van der Waals surface area contributed by atoms with E-state index in [9.17, 15) is 14.7 Å². The van der Waals surface area contributed by atoms with Crippen LogP contribution in [0.1, 0.15) is 51.6 Å². The van der Waals surface area contributed by atoms with Crippen LogP contribution in [0.25, 0.3) is 50.3 Å². The summed E-state index contributed by atoms with van der Waals surface area (Å²) in [6.07, 6.45) is 2.34. The van der Waals surface area contributed by atoms with Gasteiger partial charge < -0.3 is 5.11 Å². The molecule has 1 aliphatic carbocycles. The third kappa shape index (κ3) is 4.52. The lowest BCUT2D eigenvalue weighted by Gasteiger charge is -2.55. The van der Waals surface area contributed by atoms with Gasteiger partial charge in [0.25, 0.3) is 11.8 Å². The first-order valence-corrected chi connectivity index (χ1v) is 16.3. The molecule has 4 aromatic carbocycles. The van der Waals surface area contributed by atoms with Gasteiger partial charge in [0.05, 0.1) is 33.7 Å². The third-order valence-electron chi connectivity index (χ3n) is 9.95. The average molecular weight is 642 g/mol. The Morgan fingerprint density at radius 2 is 1.35 bits per heavy atom. The van der Waals surface area contributed by atoms with E-state index in [1.165, 1.54) is 10.5 Å². The second-order valence-electron chi connectivity index (χ2n) is 13.5. The lowest BCUT2D eigenvalue weighted by atomic mass is 9.61. The fraction of sp³-hybridized carbons (Fsp3) is 0.146. The molecule has 1 N–H and O–H groups in total. The number of imide groups is 1. The van der Waals surface area contributed by atoms with Crippen molar-refractivity contribution in [1.29, 1.82) is 0 Å². The van der Waals surface area contributed by atoms with E-state index in [-0.39, 0.29) is 24.7 Å². The molecule has 238 valence electrons. The van der Waals surface area contributed by atoms with Crippen molar-refractivity contribution in [2.75, 3.05) is 0 Å². The topological polar surface area (TPSA) is 101 Å². The Hall–Kier alpha value is -5.99. The molecule has 1 aliphatic heterocycles. The number of nitrogens with zero attached hydrogens (tertiary/aromatic N) is 5. The molecule has 0 saturated heterocycles.